The summed E-state index contributed by atoms with van der Waals surface area (Å²) in [5.74, 6) is 3.30. The Morgan fingerprint density at radius 2 is 1.62 bits per heavy atom. The van der Waals surface area contributed by atoms with Crippen molar-refractivity contribution in [1.82, 2.24) is 9.97 Å². The van der Waals surface area contributed by atoms with E-state index in [1.165, 1.54) is 50.5 Å². The normalized spacial score (nSPS) is 20.1. The minimum atomic E-state index is 0.645. The highest BCUT2D eigenvalue weighted by atomic mass is 16.5. The largest absolute Gasteiger partial charge is 0.494 e. The van der Waals surface area contributed by atoms with E-state index in [2.05, 4.69) is 23.8 Å². The lowest BCUT2D eigenvalue weighted by molar-refractivity contribution is 0.304. The summed E-state index contributed by atoms with van der Waals surface area (Å²) in [5.41, 5.74) is 2.36. The van der Waals surface area contributed by atoms with E-state index in [1.807, 2.05) is 36.7 Å². The average molecular weight is 353 g/mol. The monoisotopic (exact) mass is 352 g/mol. The molecule has 0 atom stereocenters. The Balaban J connectivity index is 1.57. The fourth-order valence-electron chi connectivity index (χ4n) is 3.90. The highest BCUT2D eigenvalue weighted by Gasteiger charge is 2.22. The second-order valence-electron chi connectivity index (χ2n) is 7.57. The van der Waals surface area contributed by atoms with E-state index in [0.717, 1.165) is 36.1 Å². The molecule has 3 rings (SSSR count). The summed E-state index contributed by atoms with van der Waals surface area (Å²) in [5, 5.41) is 0. The number of aromatic nitrogens is 2. The lowest BCUT2D eigenvalue weighted by atomic mass is 9.78. The van der Waals surface area contributed by atoms with Crippen LogP contribution in [0.15, 0.2) is 36.7 Å². The van der Waals surface area contributed by atoms with Gasteiger partial charge in [-0.2, -0.15) is 0 Å². The van der Waals surface area contributed by atoms with Gasteiger partial charge in [0.1, 0.15) is 5.75 Å². The van der Waals surface area contributed by atoms with Crippen molar-refractivity contribution in [1.29, 1.82) is 0 Å². The molecular weight excluding hydrogens is 320 g/mol. The third-order valence-electron chi connectivity index (χ3n) is 5.54. The van der Waals surface area contributed by atoms with Crippen LogP contribution in [0.5, 0.6) is 5.75 Å². The predicted octanol–water partition coefficient (Wildman–Crippen LogP) is 6.40. The summed E-state index contributed by atoms with van der Waals surface area (Å²) >= 11 is 0. The van der Waals surface area contributed by atoms with Gasteiger partial charge < -0.3 is 4.74 Å². The van der Waals surface area contributed by atoms with Crippen LogP contribution in [0.4, 0.5) is 0 Å². The number of ether oxygens (including phenoxy) is 1. The van der Waals surface area contributed by atoms with Crippen molar-refractivity contribution in [2.75, 3.05) is 6.61 Å². The molecule has 1 fully saturated rings. The standard InChI is InChI=1S/C23H32N2O/c1-3-5-6-18-7-9-19(10-8-18)21-16-24-23(25-17-21)20-11-13-22(14-12-20)26-15-4-2/h11-14,16-19H,3-10,15H2,1-2H3/t18-,19-. The SMILES string of the molecule is CCCC[C@H]1CC[C@H](c2cnc(-c3ccc(OCCC)cc3)nc2)CC1. The molecule has 0 N–H and O–H groups in total. The van der Waals surface area contributed by atoms with Crippen molar-refractivity contribution in [3.63, 3.8) is 0 Å². The fraction of sp³-hybridized carbons (Fsp3) is 0.565. The molecule has 0 radical (unpaired) electrons. The minimum absolute atomic E-state index is 0.645. The van der Waals surface area contributed by atoms with Crippen LogP contribution in [0, 0.1) is 5.92 Å². The summed E-state index contributed by atoms with van der Waals surface area (Å²) in [6, 6.07) is 8.08. The molecule has 2 aromatic rings. The van der Waals surface area contributed by atoms with Crippen LogP contribution in [-0.2, 0) is 0 Å². The van der Waals surface area contributed by atoms with Gasteiger partial charge in [-0.3, -0.25) is 0 Å². The Morgan fingerprint density at radius 1 is 0.923 bits per heavy atom. The summed E-state index contributed by atoms with van der Waals surface area (Å²) < 4.78 is 5.64. The van der Waals surface area contributed by atoms with Gasteiger partial charge in [-0.25, -0.2) is 9.97 Å². The van der Waals surface area contributed by atoms with Crippen LogP contribution in [0.3, 0.4) is 0 Å². The molecule has 1 aliphatic rings. The molecule has 0 unspecified atom stereocenters. The zero-order chi connectivity index (χ0) is 18.2. The van der Waals surface area contributed by atoms with Gasteiger partial charge in [0.15, 0.2) is 5.82 Å². The molecule has 0 spiro atoms. The smallest absolute Gasteiger partial charge is 0.159 e. The van der Waals surface area contributed by atoms with E-state index < -0.39 is 0 Å². The molecule has 3 nitrogen and oxygen atoms in total. The quantitative estimate of drug-likeness (QED) is 0.551. The number of rotatable bonds is 8. The molecular formula is C23H32N2O. The second kappa shape index (κ2) is 9.70. The fourth-order valence-corrected chi connectivity index (χ4v) is 3.90. The Bertz CT molecular complexity index is 643. The van der Waals surface area contributed by atoms with Crippen LogP contribution in [0.1, 0.15) is 76.7 Å². The molecule has 1 aromatic heterocycles. The van der Waals surface area contributed by atoms with E-state index in [9.17, 15) is 0 Å². The maximum atomic E-state index is 5.64. The van der Waals surface area contributed by atoms with Crippen molar-refractivity contribution in [2.24, 2.45) is 5.92 Å². The Labute approximate surface area is 158 Å². The third kappa shape index (κ3) is 5.06. The van der Waals surface area contributed by atoms with Crippen LogP contribution >= 0.6 is 0 Å². The molecule has 140 valence electrons. The van der Waals surface area contributed by atoms with E-state index in [1.54, 1.807) is 0 Å². The lowest BCUT2D eigenvalue weighted by Gasteiger charge is -2.28. The Kier molecular flexibility index (Phi) is 7.04. The second-order valence-corrected chi connectivity index (χ2v) is 7.57. The summed E-state index contributed by atoms with van der Waals surface area (Å²) in [6.07, 6.45) is 14.5. The van der Waals surface area contributed by atoms with Crippen molar-refractivity contribution in [3.8, 4) is 17.1 Å². The van der Waals surface area contributed by atoms with Gasteiger partial charge in [0.25, 0.3) is 0 Å². The van der Waals surface area contributed by atoms with Crippen LogP contribution < -0.4 is 4.74 Å². The van der Waals surface area contributed by atoms with Gasteiger partial charge in [0.05, 0.1) is 6.61 Å². The molecule has 3 heteroatoms. The van der Waals surface area contributed by atoms with Crippen molar-refractivity contribution in [3.05, 3.63) is 42.2 Å². The lowest BCUT2D eigenvalue weighted by Crippen LogP contribution is -2.13. The van der Waals surface area contributed by atoms with E-state index in [0.29, 0.717) is 5.92 Å². The molecule has 0 saturated heterocycles. The Morgan fingerprint density at radius 3 is 2.23 bits per heavy atom. The van der Waals surface area contributed by atoms with Crippen molar-refractivity contribution < 1.29 is 4.74 Å². The van der Waals surface area contributed by atoms with Gasteiger partial charge in [0, 0.05) is 18.0 Å². The zero-order valence-electron chi connectivity index (χ0n) is 16.3. The number of unbranched alkanes of at least 4 members (excludes halogenated alkanes) is 1. The van der Waals surface area contributed by atoms with E-state index in [-0.39, 0.29) is 0 Å². The number of hydrogen-bond acceptors (Lipinski definition) is 3. The summed E-state index contributed by atoms with van der Waals surface area (Å²) in [6.45, 7) is 5.16. The number of hydrogen-bond donors (Lipinski definition) is 0. The first kappa shape index (κ1) is 18.9. The third-order valence-corrected chi connectivity index (χ3v) is 5.54. The molecule has 1 aliphatic carbocycles. The predicted molar refractivity (Wildman–Crippen MR) is 107 cm³/mol. The van der Waals surface area contributed by atoms with Crippen molar-refractivity contribution >= 4 is 0 Å². The number of nitrogens with zero attached hydrogens (tertiary/aromatic N) is 2. The zero-order valence-corrected chi connectivity index (χ0v) is 16.3. The van der Waals surface area contributed by atoms with E-state index in [4.69, 9.17) is 4.74 Å². The maximum absolute atomic E-state index is 5.64. The molecule has 0 aliphatic heterocycles. The summed E-state index contributed by atoms with van der Waals surface area (Å²) in [7, 11) is 0. The van der Waals surface area contributed by atoms with Gasteiger partial charge in [0.2, 0.25) is 0 Å². The maximum Gasteiger partial charge on any atom is 0.159 e. The first-order chi connectivity index (χ1) is 12.8. The number of benzene rings is 1. The molecule has 26 heavy (non-hydrogen) atoms. The van der Waals surface area contributed by atoms with Crippen LogP contribution in [0.25, 0.3) is 11.4 Å². The highest BCUT2D eigenvalue weighted by molar-refractivity contribution is 5.56. The molecule has 1 heterocycles. The highest BCUT2D eigenvalue weighted by Crippen LogP contribution is 2.37. The van der Waals surface area contributed by atoms with Gasteiger partial charge in [-0.05, 0) is 73.8 Å². The molecule has 1 saturated carbocycles. The van der Waals surface area contributed by atoms with Gasteiger partial charge >= 0.3 is 0 Å². The first-order valence-electron chi connectivity index (χ1n) is 10.3. The Hall–Kier alpha value is -1.90. The molecule has 1 aromatic carbocycles. The average Bonchev–Trinajstić information content (AvgIpc) is 2.72. The van der Waals surface area contributed by atoms with Gasteiger partial charge in [-0.1, -0.05) is 33.1 Å². The summed E-state index contributed by atoms with van der Waals surface area (Å²) in [4.78, 5) is 9.27. The molecule has 0 amide bonds. The van der Waals surface area contributed by atoms with Crippen LogP contribution in [-0.4, -0.2) is 16.6 Å². The van der Waals surface area contributed by atoms with Crippen molar-refractivity contribution in [2.45, 2.75) is 71.1 Å². The van der Waals surface area contributed by atoms with Gasteiger partial charge in [-0.15, -0.1) is 0 Å². The minimum Gasteiger partial charge on any atom is -0.494 e. The molecule has 0 bridgehead atoms. The van der Waals surface area contributed by atoms with E-state index >= 15 is 0 Å². The first-order valence-corrected chi connectivity index (χ1v) is 10.3. The topological polar surface area (TPSA) is 35.0 Å². The van der Waals surface area contributed by atoms with Crippen LogP contribution in [0.2, 0.25) is 0 Å².